The van der Waals surface area contributed by atoms with E-state index in [1.54, 1.807) is 6.08 Å². The second kappa shape index (κ2) is 4.77. The van der Waals surface area contributed by atoms with Crippen molar-refractivity contribution in [1.82, 2.24) is 0 Å². The van der Waals surface area contributed by atoms with E-state index in [2.05, 4.69) is 6.58 Å². The van der Waals surface area contributed by atoms with Gasteiger partial charge in [0.25, 0.3) is 0 Å². The molecule has 2 nitrogen and oxygen atoms in total. The molecule has 0 rings (SSSR count). The molecular formula is C11H21O2. The lowest BCUT2D eigenvalue weighted by atomic mass is 10.0. The third-order valence-electron chi connectivity index (χ3n) is 1.29. The molecule has 0 amide bonds. The van der Waals surface area contributed by atoms with Gasteiger partial charge in [-0.1, -0.05) is 6.08 Å². The Morgan fingerprint density at radius 1 is 1.08 bits per heavy atom. The number of hydrogen-bond donors (Lipinski definition) is 0. The molecule has 0 aliphatic heterocycles. The van der Waals surface area contributed by atoms with Crippen LogP contribution in [-0.4, -0.2) is 11.2 Å². The predicted octanol–water partition coefficient (Wildman–Crippen LogP) is 3.29. The fraction of sp³-hybridized carbons (Fsp3) is 0.727. The Labute approximate surface area is 81.9 Å². The van der Waals surface area contributed by atoms with Gasteiger partial charge in [0.2, 0.25) is 0 Å². The van der Waals surface area contributed by atoms with Crippen molar-refractivity contribution in [1.29, 1.82) is 0 Å². The normalized spacial score (nSPS) is 13.0. The van der Waals surface area contributed by atoms with Crippen LogP contribution >= 0.6 is 0 Å². The predicted molar refractivity (Wildman–Crippen MR) is 55.1 cm³/mol. The van der Waals surface area contributed by atoms with Crippen LogP contribution in [0.1, 0.15) is 41.0 Å². The zero-order chi connectivity index (χ0) is 10.5. The first-order valence-electron chi connectivity index (χ1n) is 4.58. The van der Waals surface area contributed by atoms with E-state index in [1.165, 1.54) is 0 Å². The van der Waals surface area contributed by atoms with Gasteiger partial charge in [-0.15, -0.1) is 6.58 Å². The van der Waals surface area contributed by atoms with E-state index in [0.717, 1.165) is 6.42 Å². The standard InChI is InChI=1S/C11H21O2/c1-7-8-9-11(5,6)13-12-10(2,3)4/h7-8H,1,9H2,2-6H3. The molecule has 0 aliphatic rings. The van der Waals surface area contributed by atoms with Gasteiger partial charge >= 0.3 is 0 Å². The first-order valence-corrected chi connectivity index (χ1v) is 4.58. The number of allylic oxidation sites excluding steroid dienone is 1. The summed E-state index contributed by atoms with van der Waals surface area (Å²) in [5.74, 6) is 0. The molecule has 0 N–H and O–H groups in total. The van der Waals surface area contributed by atoms with Gasteiger partial charge in [-0.2, -0.15) is 0 Å². The average Bonchev–Trinajstić information content (AvgIpc) is 1.97. The summed E-state index contributed by atoms with van der Waals surface area (Å²) in [5.41, 5.74) is -0.549. The molecule has 0 atom stereocenters. The molecule has 0 aromatic rings. The van der Waals surface area contributed by atoms with E-state index in [1.807, 2.05) is 41.0 Å². The molecule has 0 fully saturated rings. The van der Waals surface area contributed by atoms with Crippen molar-refractivity contribution in [3.05, 3.63) is 19.1 Å². The molecule has 0 unspecified atom stereocenters. The maximum atomic E-state index is 5.32. The minimum absolute atomic E-state index is 0.258. The molecule has 0 heterocycles. The Morgan fingerprint density at radius 2 is 1.62 bits per heavy atom. The van der Waals surface area contributed by atoms with Gasteiger partial charge in [0.15, 0.2) is 0 Å². The van der Waals surface area contributed by atoms with Gasteiger partial charge in [-0.25, -0.2) is 9.78 Å². The molecule has 77 valence electrons. The smallest absolute Gasteiger partial charge is 0.0986 e. The monoisotopic (exact) mass is 185 g/mol. The lowest BCUT2D eigenvalue weighted by Gasteiger charge is -2.28. The minimum Gasteiger partial charge on any atom is -0.230 e. The van der Waals surface area contributed by atoms with Crippen LogP contribution < -0.4 is 0 Å². The fourth-order valence-electron chi connectivity index (χ4n) is 0.639. The van der Waals surface area contributed by atoms with Crippen LogP contribution in [0.15, 0.2) is 12.7 Å². The van der Waals surface area contributed by atoms with Crippen molar-refractivity contribution < 1.29 is 9.78 Å². The van der Waals surface area contributed by atoms with Crippen LogP contribution in [-0.2, 0) is 9.78 Å². The largest absolute Gasteiger partial charge is 0.230 e. The molecule has 0 aromatic carbocycles. The van der Waals surface area contributed by atoms with Crippen LogP contribution in [0.4, 0.5) is 0 Å². The zero-order valence-corrected chi connectivity index (χ0v) is 9.39. The molecule has 0 spiro atoms. The van der Waals surface area contributed by atoms with Crippen molar-refractivity contribution in [3.8, 4) is 0 Å². The van der Waals surface area contributed by atoms with Gasteiger partial charge in [-0.05, 0) is 47.5 Å². The summed E-state index contributed by atoms with van der Waals surface area (Å²) in [7, 11) is 0. The van der Waals surface area contributed by atoms with Crippen molar-refractivity contribution in [2.45, 2.75) is 52.2 Å². The average molecular weight is 185 g/mol. The van der Waals surface area contributed by atoms with E-state index >= 15 is 0 Å². The van der Waals surface area contributed by atoms with Gasteiger partial charge in [0.05, 0.1) is 11.2 Å². The molecule has 0 saturated heterocycles. The highest BCUT2D eigenvalue weighted by Gasteiger charge is 2.22. The number of hydrogen-bond acceptors (Lipinski definition) is 2. The third kappa shape index (κ3) is 8.00. The van der Waals surface area contributed by atoms with Crippen LogP contribution in [0.25, 0.3) is 0 Å². The van der Waals surface area contributed by atoms with Crippen molar-refractivity contribution in [3.63, 3.8) is 0 Å². The topological polar surface area (TPSA) is 18.5 Å². The quantitative estimate of drug-likeness (QED) is 0.483. The summed E-state index contributed by atoms with van der Waals surface area (Å²) in [6.45, 7) is 13.5. The second-order valence-electron chi connectivity index (χ2n) is 4.71. The van der Waals surface area contributed by atoms with Gasteiger partial charge in [0.1, 0.15) is 0 Å². The molecule has 2 heteroatoms. The van der Waals surface area contributed by atoms with E-state index in [4.69, 9.17) is 9.78 Å². The van der Waals surface area contributed by atoms with Crippen molar-refractivity contribution in [2.24, 2.45) is 0 Å². The van der Waals surface area contributed by atoms with Gasteiger partial charge < -0.3 is 0 Å². The van der Waals surface area contributed by atoms with Crippen molar-refractivity contribution >= 4 is 0 Å². The molecule has 13 heavy (non-hydrogen) atoms. The Morgan fingerprint density at radius 3 is 2.00 bits per heavy atom. The Balaban J connectivity index is 3.81. The lowest BCUT2D eigenvalue weighted by molar-refractivity contribution is -0.396. The molecule has 0 aliphatic carbocycles. The highest BCUT2D eigenvalue weighted by atomic mass is 17.2. The highest BCUT2D eigenvalue weighted by molar-refractivity contribution is 4.91. The fourth-order valence-corrected chi connectivity index (χ4v) is 0.639. The summed E-state index contributed by atoms with van der Waals surface area (Å²) in [6, 6.07) is 0. The molecule has 0 aromatic heterocycles. The molecular weight excluding hydrogens is 164 g/mol. The number of rotatable bonds is 5. The van der Waals surface area contributed by atoms with E-state index in [-0.39, 0.29) is 11.2 Å². The van der Waals surface area contributed by atoms with Crippen LogP contribution in [0.3, 0.4) is 0 Å². The van der Waals surface area contributed by atoms with E-state index < -0.39 is 0 Å². The molecule has 0 saturated carbocycles. The van der Waals surface area contributed by atoms with Crippen LogP contribution in [0.5, 0.6) is 0 Å². The summed E-state index contributed by atoms with van der Waals surface area (Å²) >= 11 is 0. The van der Waals surface area contributed by atoms with E-state index in [9.17, 15) is 0 Å². The lowest BCUT2D eigenvalue weighted by Crippen LogP contribution is -2.30. The second-order valence-corrected chi connectivity index (χ2v) is 4.71. The molecule has 1 radical (unpaired) electrons. The van der Waals surface area contributed by atoms with Crippen LogP contribution in [0, 0.1) is 6.42 Å². The summed E-state index contributed by atoms with van der Waals surface area (Å²) in [5, 5.41) is 0. The third-order valence-corrected chi connectivity index (χ3v) is 1.29. The molecule has 0 bridgehead atoms. The van der Waals surface area contributed by atoms with E-state index in [0.29, 0.717) is 0 Å². The minimum atomic E-state index is -0.290. The summed E-state index contributed by atoms with van der Waals surface area (Å²) in [4.78, 5) is 10.6. The zero-order valence-electron chi connectivity index (χ0n) is 9.39. The van der Waals surface area contributed by atoms with Gasteiger partial charge in [0, 0.05) is 0 Å². The maximum absolute atomic E-state index is 5.32. The summed E-state index contributed by atoms with van der Waals surface area (Å²) < 4.78 is 0. The Kier molecular flexibility index (Phi) is 4.65. The van der Waals surface area contributed by atoms with Crippen molar-refractivity contribution in [2.75, 3.05) is 0 Å². The first kappa shape index (κ1) is 12.7. The highest BCUT2D eigenvalue weighted by Crippen LogP contribution is 2.20. The van der Waals surface area contributed by atoms with Crippen LogP contribution in [0.2, 0.25) is 0 Å². The summed E-state index contributed by atoms with van der Waals surface area (Å²) in [6.07, 6.45) is 4.53. The maximum Gasteiger partial charge on any atom is 0.0986 e. The van der Waals surface area contributed by atoms with Gasteiger partial charge in [-0.3, -0.25) is 0 Å². The Bertz CT molecular complexity index is 154. The Hall–Kier alpha value is -0.340. The SMILES string of the molecule is C=C[CH]CC(C)(C)OOC(C)(C)C. The first-order chi connectivity index (χ1) is 5.77.